The van der Waals surface area contributed by atoms with E-state index in [2.05, 4.69) is 41.2 Å². The van der Waals surface area contributed by atoms with Crippen molar-refractivity contribution in [2.45, 2.75) is 39.3 Å². The van der Waals surface area contributed by atoms with E-state index in [1.54, 1.807) is 19.5 Å². The van der Waals surface area contributed by atoms with Gasteiger partial charge in [-0.15, -0.1) is 0 Å². The second-order valence-electron chi connectivity index (χ2n) is 6.12. The molecule has 0 aromatic carbocycles. The monoisotopic (exact) mass is 305 g/mol. The Bertz CT molecular complexity index is 610. The van der Waals surface area contributed by atoms with E-state index in [0.717, 1.165) is 17.4 Å². The number of rotatable bonds is 4. The number of oxazole rings is 1. The standard InChI is InChI=1S/C15H23N5O2/c1-15(2,3)12-8-17-13(22-12)9-18-14(16-4)20(5)10-11-6-7-21-19-11/h6-8H,9-10H2,1-5H3,(H,16,18). The van der Waals surface area contributed by atoms with Crippen LogP contribution in [0.5, 0.6) is 0 Å². The summed E-state index contributed by atoms with van der Waals surface area (Å²) < 4.78 is 10.6. The van der Waals surface area contributed by atoms with Crippen molar-refractivity contribution in [2.75, 3.05) is 14.1 Å². The minimum atomic E-state index is -0.0450. The molecule has 2 heterocycles. The Balaban J connectivity index is 1.92. The summed E-state index contributed by atoms with van der Waals surface area (Å²) in [7, 11) is 3.66. The molecular formula is C15H23N5O2. The molecule has 2 aromatic rings. The molecule has 0 bridgehead atoms. The highest BCUT2D eigenvalue weighted by Crippen LogP contribution is 2.22. The molecule has 2 rings (SSSR count). The van der Waals surface area contributed by atoms with E-state index < -0.39 is 0 Å². The maximum atomic E-state index is 5.75. The predicted molar refractivity (Wildman–Crippen MR) is 83.4 cm³/mol. The highest BCUT2D eigenvalue weighted by molar-refractivity contribution is 5.79. The summed E-state index contributed by atoms with van der Waals surface area (Å²) in [4.78, 5) is 10.5. The maximum absolute atomic E-state index is 5.75. The van der Waals surface area contributed by atoms with Crippen molar-refractivity contribution >= 4 is 5.96 Å². The van der Waals surface area contributed by atoms with Crippen LogP contribution >= 0.6 is 0 Å². The van der Waals surface area contributed by atoms with E-state index in [1.807, 2.05) is 18.0 Å². The smallest absolute Gasteiger partial charge is 0.213 e. The van der Waals surface area contributed by atoms with Crippen LogP contribution in [-0.4, -0.2) is 35.1 Å². The molecule has 0 aliphatic heterocycles. The summed E-state index contributed by atoms with van der Waals surface area (Å²) in [6.07, 6.45) is 3.33. The largest absolute Gasteiger partial charge is 0.443 e. The Morgan fingerprint density at radius 1 is 1.41 bits per heavy atom. The zero-order valence-electron chi connectivity index (χ0n) is 13.8. The molecule has 0 atom stereocenters. The summed E-state index contributed by atoms with van der Waals surface area (Å²) in [5, 5.41) is 7.12. The fourth-order valence-electron chi connectivity index (χ4n) is 1.92. The molecule has 0 radical (unpaired) electrons. The Kier molecular flexibility index (Phi) is 4.85. The number of aliphatic imine (C=N–C) groups is 1. The lowest BCUT2D eigenvalue weighted by molar-refractivity contribution is 0.373. The zero-order valence-corrected chi connectivity index (χ0v) is 13.8. The van der Waals surface area contributed by atoms with Gasteiger partial charge in [-0.2, -0.15) is 0 Å². The number of hydrogen-bond donors (Lipinski definition) is 1. The molecule has 7 heteroatoms. The second-order valence-corrected chi connectivity index (χ2v) is 6.12. The molecule has 0 amide bonds. The van der Waals surface area contributed by atoms with Crippen molar-refractivity contribution in [3.63, 3.8) is 0 Å². The molecule has 22 heavy (non-hydrogen) atoms. The number of nitrogens with one attached hydrogen (secondary N) is 1. The third kappa shape index (κ3) is 4.09. The SMILES string of the molecule is CN=C(NCc1ncc(C(C)(C)C)o1)N(C)Cc1ccon1. The van der Waals surface area contributed by atoms with Crippen LogP contribution < -0.4 is 5.32 Å². The van der Waals surface area contributed by atoms with E-state index in [-0.39, 0.29) is 5.41 Å². The first-order chi connectivity index (χ1) is 10.4. The lowest BCUT2D eigenvalue weighted by Gasteiger charge is -2.20. The zero-order chi connectivity index (χ0) is 16.2. The van der Waals surface area contributed by atoms with E-state index in [4.69, 9.17) is 8.94 Å². The Labute approximate surface area is 130 Å². The summed E-state index contributed by atoms with van der Waals surface area (Å²) in [5.74, 6) is 2.25. The third-order valence-electron chi connectivity index (χ3n) is 3.15. The fourth-order valence-corrected chi connectivity index (χ4v) is 1.92. The average Bonchev–Trinajstić information content (AvgIpc) is 3.09. The van der Waals surface area contributed by atoms with Crippen LogP contribution in [0.3, 0.4) is 0 Å². The van der Waals surface area contributed by atoms with Gasteiger partial charge in [-0.3, -0.25) is 4.99 Å². The van der Waals surface area contributed by atoms with E-state index in [9.17, 15) is 0 Å². The molecule has 7 nitrogen and oxygen atoms in total. The van der Waals surface area contributed by atoms with Gasteiger partial charge in [0, 0.05) is 25.6 Å². The van der Waals surface area contributed by atoms with Crippen LogP contribution in [0.2, 0.25) is 0 Å². The van der Waals surface area contributed by atoms with Crippen molar-refractivity contribution in [3.05, 3.63) is 35.9 Å². The Morgan fingerprint density at radius 3 is 2.73 bits per heavy atom. The minimum Gasteiger partial charge on any atom is -0.443 e. The molecule has 0 saturated carbocycles. The van der Waals surface area contributed by atoms with Gasteiger partial charge in [0.05, 0.1) is 19.3 Å². The van der Waals surface area contributed by atoms with E-state index in [1.165, 1.54) is 0 Å². The molecule has 0 unspecified atom stereocenters. The lowest BCUT2D eigenvalue weighted by Crippen LogP contribution is -2.38. The quantitative estimate of drug-likeness (QED) is 0.689. The van der Waals surface area contributed by atoms with Crippen LogP contribution in [0.4, 0.5) is 0 Å². The normalized spacial score (nSPS) is 12.5. The number of hydrogen-bond acceptors (Lipinski definition) is 5. The first-order valence-electron chi connectivity index (χ1n) is 7.16. The third-order valence-corrected chi connectivity index (χ3v) is 3.15. The van der Waals surface area contributed by atoms with Gasteiger partial charge < -0.3 is 19.2 Å². The van der Waals surface area contributed by atoms with Crippen LogP contribution in [0.15, 0.2) is 32.5 Å². The average molecular weight is 305 g/mol. The van der Waals surface area contributed by atoms with Gasteiger partial charge in [0.2, 0.25) is 5.89 Å². The molecule has 0 spiro atoms. The van der Waals surface area contributed by atoms with Gasteiger partial charge in [0.1, 0.15) is 17.7 Å². The topological polar surface area (TPSA) is 79.7 Å². The summed E-state index contributed by atoms with van der Waals surface area (Å²) in [5.41, 5.74) is 0.799. The van der Waals surface area contributed by atoms with Crippen molar-refractivity contribution in [3.8, 4) is 0 Å². The van der Waals surface area contributed by atoms with Gasteiger partial charge >= 0.3 is 0 Å². The van der Waals surface area contributed by atoms with Gasteiger partial charge in [-0.05, 0) is 0 Å². The summed E-state index contributed by atoms with van der Waals surface area (Å²) in [6.45, 7) is 7.36. The molecule has 0 fully saturated rings. The number of aromatic nitrogens is 2. The number of nitrogens with zero attached hydrogens (tertiary/aromatic N) is 4. The van der Waals surface area contributed by atoms with Crippen molar-refractivity contribution in [2.24, 2.45) is 4.99 Å². The second kappa shape index (κ2) is 6.64. The van der Waals surface area contributed by atoms with Crippen LogP contribution in [0, 0.1) is 0 Å². The highest BCUT2D eigenvalue weighted by atomic mass is 16.5. The highest BCUT2D eigenvalue weighted by Gasteiger charge is 2.19. The lowest BCUT2D eigenvalue weighted by atomic mass is 9.94. The van der Waals surface area contributed by atoms with Crippen molar-refractivity contribution < 1.29 is 8.94 Å². The van der Waals surface area contributed by atoms with Crippen LogP contribution in [0.25, 0.3) is 0 Å². The molecule has 0 aliphatic rings. The van der Waals surface area contributed by atoms with Crippen LogP contribution in [0.1, 0.15) is 38.1 Å². The molecular weight excluding hydrogens is 282 g/mol. The van der Waals surface area contributed by atoms with E-state index >= 15 is 0 Å². The molecule has 120 valence electrons. The predicted octanol–water partition coefficient (Wildman–Crippen LogP) is 2.17. The summed E-state index contributed by atoms with van der Waals surface area (Å²) in [6, 6.07) is 1.83. The van der Waals surface area contributed by atoms with Crippen LogP contribution in [-0.2, 0) is 18.5 Å². The van der Waals surface area contributed by atoms with E-state index in [0.29, 0.717) is 19.0 Å². The van der Waals surface area contributed by atoms with Gasteiger partial charge in [0.15, 0.2) is 5.96 Å². The maximum Gasteiger partial charge on any atom is 0.213 e. The number of guanidine groups is 1. The first kappa shape index (κ1) is 16.1. The molecule has 1 N–H and O–H groups in total. The minimum absolute atomic E-state index is 0.0450. The van der Waals surface area contributed by atoms with Crippen molar-refractivity contribution in [1.29, 1.82) is 0 Å². The van der Waals surface area contributed by atoms with Crippen molar-refractivity contribution in [1.82, 2.24) is 20.4 Å². The van der Waals surface area contributed by atoms with Gasteiger partial charge in [0.25, 0.3) is 0 Å². The summed E-state index contributed by atoms with van der Waals surface area (Å²) >= 11 is 0. The first-order valence-corrected chi connectivity index (χ1v) is 7.16. The Hall–Kier alpha value is -2.31. The van der Waals surface area contributed by atoms with Gasteiger partial charge in [-0.25, -0.2) is 4.98 Å². The van der Waals surface area contributed by atoms with Gasteiger partial charge in [-0.1, -0.05) is 25.9 Å². The molecule has 0 saturated heterocycles. The Morgan fingerprint density at radius 2 is 2.18 bits per heavy atom. The fraction of sp³-hybridized carbons (Fsp3) is 0.533. The molecule has 2 aromatic heterocycles. The molecule has 0 aliphatic carbocycles.